The van der Waals surface area contributed by atoms with Crippen LogP contribution in [-0.4, -0.2) is 25.0 Å². The summed E-state index contributed by atoms with van der Waals surface area (Å²) < 4.78 is 23.4. The molecule has 0 spiro atoms. The van der Waals surface area contributed by atoms with E-state index in [1.165, 1.54) is 12.1 Å². The molecule has 0 amide bonds. The molecule has 4 nitrogen and oxygen atoms in total. The third-order valence-electron chi connectivity index (χ3n) is 2.47. The molecule has 0 N–H and O–H groups in total. The Morgan fingerprint density at radius 1 is 1.42 bits per heavy atom. The molecular formula is C14H17FO4. The maximum atomic E-state index is 13.0. The van der Waals surface area contributed by atoms with Gasteiger partial charge < -0.3 is 9.47 Å². The SMILES string of the molecule is CCCC(Oc1ccc(F)cc1C=O)C(=O)OCC. The summed E-state index contributed by atoms with van der Waals surface area (Å²) in [6.07, 6.45) is 0.899. The van der Waals surface area contributed by atoms with Crippen molar-refractivity contribution >= 4 is 12.3 Å². The molecule has 0 heterocycles. The van der Waals surface area contributed by atoms with Crippen molar-refractivity contribution in [2.75, 3.05) is 6.61 Å². The van der Waals surface area contributed by atoms with Gasteiger partial charge in [-0.2, -0.15) is 0 Å². The lowest BCUT2D eigenvalue weighted by atomic mass is 10.2. The second kappa shape index (κ2) is 7.51. The highest BCUT2D eigenvalue weighted by Gasteiger charge is 2.22. The first kappa shape index (κ1) is 15.1. The number of hydrogen-bond donors (Lipinski definition) is 0. The Bertz CT molecular complexity index is 445. The van der Waals surface area contributed by atoms with Crippen molar-refractivity contribution in [3.63, 3.8) is 0 Å². The minimum atomic E-state index is -0.783. The van der Waals surface area contributed by atoms with Crippen LogP contribution in [0.15, 0.2) is 18.2 Å². The maximum Gasteiger partial charge on any atom is 0.347 e. The summed E-state index contributed by atoms with van der Waals surface area (Å²) in [6, 6.07) is 3.58. The molecule has 1 aromatic rings. The molecule has 0 bridgehead atoms. The van der Waals surface area contributed by atoms with E-state index in [4.69, 9.17) is 9.47 Å². The van der Waals surface area contributed by atoms with Crippen LogP contribution < -0.4 is 4.74 Å². The first-order chi connectivity index (χ1) is 9.12. The Labute approximate surface area is 111 Å². The van der Waals surface area contributed by atoms with Gasteiger partial charge in [0, 0.05) is 0 Å². The van der Waals surface area contributed by atoms with E-state index in [-0.39, 0.29) is 17.9 Å². The zero-order valence-electron chi connectivity index (χ0n) is 11.0. The first-order valence-corrected chi connectivity index (χ1v) is 6.20. The number of carbonyl (C=O) groups excluding carboxylic acids is 2. The molecule has 0 aliphatic rings. The van der Waals surface area contributed by atoms with E-state index in [0.717, 1.165) is 12.5 Å². The molecule has 0 aromatic heterocycles. The van der Waals surface area contributed by atoms with Crippen molar-refractivity contribution in [3.8, 4) is 5.75 Å². The van der Waals surface area contributed by atoms with E-state index in [0.29, 0.717) is 12.7 Å². The van der Waals surface area contributed by atoms with Crippen LogP contribution in [0.5, 0.6) is 5.75 Å². The highest BCUT2D eigenvalue weighted by Crippen LogP contribution is 2.21. The van der Waals surface area contributed by atoms with Gasteiger partial charge in [0.05, 0.1) is 12.2 Å². The molecule has 1 atom stereocenters. The van der Waals surface area contributed by atoms with E-state index in [9.17, 15) is 14.0 Å². The third-order valence-corrected chi connectivity index (χ3v) is 2.47. The maximum absolute atomic E-state index is 13.0. The molecule has 5 heteroatoms. The molecule has 1 unspecified atom stereocenters. The van der Waals surface area contributed by atoms with Gasteiger partial charge in [0.1, 0.15) is 11.6 Å². The molecule has 0 aliphatic heterocycles. The third kappa shape index (κ3) is 4.35. The van der Waals surface area contributed by atoms with Crippen molar-refractivity contribution in [3.05, 3.63) is 29.6 Å². The first-order valence-electron chi connectivity index (χ1n) is 6.20. The summed E-state index contributed by atoms with van der Waals surface area (Å²) in [7, 11) is 0. The quantitative estimate of drug-likeness (QED) is 0.563. The Morgan fingerprint density at radius 3 is 2.74 bits per heavy atom. The van der Waals surface area contributed by atoms with Crippen LogP contribution >= 0.6 is 0 Å². The van der Waals surface area contributed by atoms with Crippen LogP contribution in [-0.2, 0) is 9.53 Å². The fourth-order valence-electron chi connectivity index (χ4n) is 1.59. The molecule has 0 fully saturated rings. The summed E-state index contributed by atoms with van der Waals surface area (Å²) in [5.74, 6) is -0.828. The largest absolute Gasteiger partial charge is 0.478 e. The molecule has 0 radical (unpaired) electrons. The van der Waals surface area contributed by atoms with Gasteiger partial charge in [0.2, 0.25) is 0 Å². The summed E-state index contributed by atoms with van der Waals surface area (Å²) in [5, 5.41) is 0. The van der Waals surface area contributed by atoms with Crippen molar-refractivity contribution in [2.45, 2.75) is 32.8 Å². The lowest BCUT2D eigenvalue weighted by Gasteiger charge is -2.18. The Morgan fingerprint density at radius 2 is 2.16 bits per heavy atom. The topological polar surface area (TPSA) is 52.6 Å². The van der Waals surface area contributed by atoms with Crippen molar-refractivity contribution in [1.29, 1.82) is 0 Å². The molecular weight excluding hydrogens is 251 g/mol. The summed E-state index contributed by atoms with van der Waals surface area (Å²) in [4.78, 5) is 22.5. The van der Waals surface area contributed by atoms with Crippen molar-refractivity contribution in [1.82, 2.24) is 0 Å². The average Bonchev–Trinajstić information content (AvgIpc) is 2.40. The van der Waals surface area contributed by atoms with Crippen LogP contribution in [0.1, 0.15) is 37.0 Å². The monoisotopic (exact) mass is 268 g/mol. The highest BCUT2D eigenvalue weighted by molar-refractivity contribution is 5.80. The van der Waals surface area contributed by atoms with Gasteiger partial charge in [-0.25, -0.2) is 9.18 Å². The van der Waals surface area contributed by atoms with E-state index in [1.54, 1.807) is 6.92 Å². The molecule has 19 heavy (non-hydrogen) atoms. The van der Waals surface area contributed by atoms with Crippen molar-refractivity contribution in [2.24, 2.45) is 0 Å². The minimum Gasteiger partial charge on any atom is -0.478 e. The fourth-order valence-corrected chi connectivity index (χ4v) is 1.59. The van der Waals surface area contributed by atoms with E-state index < -0.39 is 17.9 Å². The second-order valence-electron chi connectivity index (χ2n) is 3.95. The molecule has 104 valence electrons. The Kier molecular flexibility index (Phi) is 5.99. The number of esters is 1. The number of rotatable bonds is 7. The standard InChI is InChI=1S/C14H17FO4/c1-3-5-13(14(17)18-4-2)19-12-7-6-11(15)8-10(12)9-16/h6-9,13H,3-5H2,1-2H3. The predicted molar refractivity (Wildman–Crippen MR) is 67.7 cm³/mol. The Balaban J connectivity index is 2.89. The number of halogens is 1. The van der Waals surface area contributed by atoms with E-state index in [1.807, 2.05) is 6.92 Å². The Hall–Kier alpha value is -1.91. The zero-order chi connectivity index (χ0) is 14.3. The summed E-state index contributed by atoms with van der Waals surface area (Å²) in [6.45, 7) is 3.86. The van der Waals surface area contributed by atoms with E-state index in [2.05, 4.69) is 0 Å². The lowest BCUT2D eigenvalue weighted by molar-refractivity contribution is -0.151. The lowest BCUT2D eigenvalue weighted by Crippen LogP contribution is -2.29. The van der Waals surface area contributed by atoms with E-state index >= 15 is 0 Å². The van der Waals surface area contributed by atoms with Gasteiger partial charge >= 0.3 is 5.97 Å². The van der Waals surface area contributed by atoms with Gasteiger partial charge in [-0.1, -0.05) is 13.3 Å². The van der Waals surface area contributed by atoms with Gasteiger partial charge in [0.15, 0.2) is 12.4 Å². The summed E-state index contributed by atoms with van der Waals surface area (Å²) in [5.41, 5.74) is 0.0744. The zero-order valence-corrected chi connectivity index (χ0v) is 11.0. The molecule has 0 aliphatic carbocycles. The molecule has 0 saturated heterocycles. The normalized spacial score (nSPS) is 11.7. The summed E-state index contributed by atoms with van der Waals surface area (Å²) >= 11 is 0. The number of carbonyl (C=O) groups is 2. The van der Waals surface area contributed by atoms with Crippen LogP contribution in [0.25, 0.3) is 0 Å². The van der Waals surface area contributed by atoms with Crippen LogP contribution in [0.2, 0.25) is 0 Å². The number of hydrogen-bond acceptors (Lipinski definition) is 4. The predicted octanol–water partition coefficient (Wildman–Crippen LogP) is 2.75. The second-order valence-corrected chi connectivity index (χ2v) is 3.95. The number of ether oxygens (including phenoxy) is 2. The molecule has 0 saturated carbocycles. The fraction of sp³-hybridized carbons (Fsp3) is 0.429. The minimum absolute atomic E-state index is 0.0744. The van der Waals surface area contributed by atoms with Crippen LogP contribution in [0.4, 0.5) is 4.39 Å². The number of benzene rings is 1. The number of aldehydes is 1. The van der Waals surface area contributed by atoms with Gasteiger partial charge in [-0.3, -0.25) is 4.79 Å². The van der Waals surface area contributed by atoms with Crippen LogP contribution in [0.3, 0.4) is 0 Å². The molecule has 1 aromatic carbocycles. The van der Waals surface area contributed by atoms with Crippen molar-refractivity contribution < 1.29 is 23.5 Å². The van der Waals surface area contributed by atoms with Crippen LogP contribution in [0, 0.1) is 5.82 Å². The smallest absolute Gasteiger partial charge is 0.347 e. The average molecular weight is 268 g/mol. The van der Waals surface area contributed by atoms with Gasteiger partial charge in [-0.05, 0) is 31.5 Å². The van der Waals surface area contributed by atoms with Gasteiger partial charge in [0.25, 0.3) is 0 Å². The highest BCUT2D eigenvalue weighted by atomic mass is 19.1. The van der Waals surface area contributed by atoms with Gasteiger partial charge in [-0.15, -0.1) is 0 Å². The molecule has 1 rings (SSSR count).